The third kappa shape index (κ3) is 6.53. The zero-order valence-corrected chi connectivity index (χ0v) is 12.7. The summed E-state index contributed by atoms with van der Waals surface area (Å²) in [5.41, 5.74) is 0. The van der Waals surface area contributed by atoms with Crippen LogP contribution in [-0.4, -0.2) is 57.3 Å². The lowest BCUT2D eigenvalue weighted by atomic mass is 10.0. The Balaban J connectivity index is 4.95. The van der Waals surface area contributed by atoms with Crippen molar-refractivity contribution in [2.45, 2.75) is 51.8 Å². The number of carbonyl (C=O) groups excluding carboxylic acids is 2. The number of amides is 2. The van der Waals surface area contributed by atoms with E-state index in [1.807, 2.05) is 0 Å². The first-order valence-corrected chi connectivity index (χ1v) is 6.83. The molecular formula is C13H22N2O7. The number of rotatable bonds is 9. The fourth-order valence-electron chi connectivity index (χ4n) is 1.61. The molecule has 0 aromatic carbocycles. The largest absolute Gasteiger partial charge is 0.481 e. The van der Waals surface area contributed by atoms with Gasteiger partial charge in [-0.1, -0.05) is 20.8 Å². The highest BCUT2D eigenvalue weighted by Gasteiger charge is 2.30. The van der Waals surface area contributed by atoms with Crippen molar-refractivity contribution >= 4 is 23.8 Å². The fraction of sp³-hybridized carbons (Fsp3) is 0.692. The minimum absolute atomic E-state index is 0.162. The van der Waals surface area contributed by atoms with Gasteiger partial charge < -0.3 is 26.0 Å². The molecule has 9 heteroatoms. The Morgan fingerprint density at radius 2 is 1.55 bits per heavy atom. The third-order valence-electron chi connectivity index (χ3n) is 2.93. The minimum Gasteiger partial charge on any atom is -0.481 e. The molecule has 0 aliphatic carbocycles. The molecule has 0 fully saturated rings. The molecule has 3 atom stereocenters. The van der Waals surface area contributed by atoms with Crippen LogP contribution in [0.3, 0.4) is 0 Å². The number of carbonyl (C=O) groups is 4. The van der Waals surface area contributed by atoms with Gasteiger partial charge in [0.25, 0.3) is 0 Å². The first-order chi connectivity index (χ1) is 10.1. The molecule has 0 aromatic heterocycles. The molecule has 5 N–H and O–H groups in total. The van der Waals surface area contributed by atoms with Gasteiger partial charge in [0.15, 0.2) is 0 Å². The molecule has 0 saturated heterocycles. The molecule has 0 aliphatic rings. The number of hydrogen-bond acceptors (Lipinski definition) is 5. The van der Waals surface area contributed by atoms with Crippen LogP contribution in [0.4, 0.5) is 0 Å². The number of nitrogens with one attached hydrogen (secondary N) is 2. The summed E-state index contributed by atoms with van der Waals surface area (Å²) in [5, 5.41) is 31.3. The molecule has 0 radical (unpaired) electrons. The van der Waals surface area contributed by atoms with E-state index in [0.29, 0.717) is 0 Å². The summed E-state index contributed by atoms with van der Waals surface area (Å²) in [4.78, 5) is 45.2. The maximum atomic E-state index is 12.1. The van der Waals surface area contributed by atoms with Crippen LogP contribution in [-0.2, 0) is 19.2 Å². The van der Waals surface area contributed by atoms with Crippen molar-refractivity contribution in [2.24, 2.45) is 5.92 Å². The minimum atomic E-state index is -1.60. The zero-order valence-electron chi connectivity index (χ0n) is 12.7. The van der Waals surface area contributed by atoms with E-state index in [2.05, 4.69) is 10.6 Å². The van der Waals surface area contributed by atoms with Gasteiger partial charge >= 0.3 is 11.9 Å². The van der Waals surface area contributed by atoms with E-state index in [4.69, 9.17) is 10.2 Å². The Labute approximate surface area is 127 Å². The number of hydrogen-bond donors (Lipinski definition) is 5. The molecule has 0 bridgehead atoms. The van der Waals surface area contributed by atoms with Gasteiger partial charge in [0.05, 0.1) is 6.42 Å². The van der Waals surface area contributed by atoms with Crippen molar-refractivity contribution in [2.75, 3.05) is 0 Å². The molecule has 126 valence electrons. The molecule has 0 aromatic rings. The summed E-state index contributed by atoms with van der Waals surface area (Å²) in [6, 6.07) is -2.68. The van der Waals surface area contributed by atoms with Crippen LogP contribution in [0.15, 0.2) is 0 Å². The Morgan fingerprint density at radius 1 is 1.00 bits per heavy atom. The second kappa shape index (κ2) is 8.98. The Morgan fingerprint density at radius 3 is 1.91 bits per heavy atom. The highest BCUT2D eigenvalue weighted by Crippen LogP contribution is 2.05. The predicted octanol–water partition coefficient (Wildman–Crippen LogP) is -1.06. The van der Waals surface area contributed by atoms with Gasteiger partial charge in [-0.2, -0.15) is 0 Å². The summed E-state index contributed by atoms with van der Waals surface area (Å²) in [6.45, 7) is 4.83. The van der Waals surface area contributed by atoms with Crippen LogP contribution in [0.25, 0.3) is 0 Å². The molecular weight excluding hydrogens is 296 g/mol. The number of aliphatic carboxylic acids is 2. The average Bonchev–Trinajstić information content (AvgIpc) is 2.41. The summed E-state index contributed by atoms with van der Waals surface area (Å²) >= 11 is 0. The van der Waals surface area contributed by atoms with Gasteiger partial charge in [0.2, 0.25) is 11.8 Å². The summed E-state index contributed by atoms with van der Waals surface area (Å²) in [6.07, 6.45) is -1.89. The standard InChI is InChI=1S/C13H22N2O7/c1-4-8(16)11(19)15-10(6(2)3)12(20)14-7(13(21)22)5-9(17)18/h6-8,10,16H,4-5H2,1-3H3,(H,14,20)(H,15,19)(H,17,18)(H,21,22)/t7-,8-,10-/m0/s1. The molecule has 0 saturated carbocycles. The van der Waals surface area contributed by atoms with Crippen LogP contribution in [0.5, 0.6) is 0 Å². The predicted molar refractivity (Wildman–Crippen MR) is 74.9 cm³/mol. The number of aliphatic hydroxyl groups is 1. The van der Waals surface area contributed by atoms with Crippen LogP contribution >= 0.6 is 0 Å². The van der Waals surface area contributed by atoms with Crippen molar-refractivity contribution in [1.29, 1.82) is 0 Å². The zero-order chi connectivity index (χ0) is 17.4. The average molecular weight is 318 g/mol. The van der Waals surface area contributed by atoms with Crippen molar-refractivity contribution in [3.8, 4) is 0 Å². The monoisotopic (exact) mass is 318 g/mol. The van der Waals surface area contributed by atoms with Crippen molar-refractivity contribution in [3.63, 3.8) is 0 Å². The molecule has 2 amide bonds. The van der Waals surface area contributed by atoms with Gasteiger partial charge in [0.1, 0.15) is 18.2 Å². The Bertz CT molecular complexity index is 436. The third-order valence-corrected chi connectivity index (χ3v) is 2.93. The Kier molecular flexibility index (Phi) is 8.10. The van der Waals surface area contributed by atoms with Crippen molar-refractivity contribution in [1.82, 2.24) is 10.6 Å². The summed E-state index contributed by atoms with van der Waals surface area (Å²) in [7, 11) is 0. The van der Waals surface area contributed by atoms with Gasteiger partial charge in [-0.25, -0.2) is 4.79 Å². The van der Waals surface area contributed by atoms with E-state index in [-0.39, 0.29) is 12.3 Å². The summed E-state index contributed by atoms with van der Waals surface area (Å²) in [5.74, 6) is -4.81. The van der Waals surface area contributed by atoms with Gasteiger partial charge in [0, 0.05) is 0 Å². The maximum absolute atomic E-state index is 12.1. The van der Waals surface area contributed by atoms with Crippen molar-refractivity contribution < 1.29 is 34.5 Å². The van der Waals surface area contributed by atoms with Crippen LogP contribution in [0, 0.1) is 5.92 Å². The molecule has 0 aliphatic heterocycles. The van der Waals surface area contributed by atoms with Crippen LogP contribution < -0.4 is 10.6 Å². The topological polar surface area (TPSA) is 153 Å². The smallest absolute Gasteiger partial charge is 0.326 e. The van der Waals surface area contributed by atoms with E-state index >= 15 is 0 Å². The lowest BCUT2D eigenvalue weighted by Gasteiger charge is -2.24. The molecule has 0 heterocycles. The van der Waals surface area contributed by atoms with E-state index in [9.17, 15) is 24.3 Å². The van der Waals surface area contributed by atoms with E-state index in [1.54, 1.807) is 20.8 Å². The molecule has 0 rings (SSSR count). The highest BCUT2D eigenvalue weighted by atomic mass is 16.4. The molecule has 22 heavy (non-hydrogen) atoms. The lowest BCUT2D eigenvalue weighted by molar-refractivity contribution is -0.147. The number of carboxylic acid groups (broad SMARTS) is 2. The quantitative estimate of drug-likeness (QED) is 0.363. The van der Waals surface area contributed by atoms with E-state index in [1.165, 1.54) is 0 Å². The maximum Gasteiger partial charge on any atom is 0.326 e. The van der Waals surface area contributed by atoms with Gasteiger partial charge in [-0.05, 0) is 12.3 Å². The van der Waals surface area contributed by atoms with Gasteiger partial charge in [-0.3, -0.25) is 14.4 Å². The van der Waals surface area contributed by atoms with Crippen LogP contribution in [0.1, 0.15) is 33.6 Å². The van der Waals surface area contributed by atoms with Crippen molar-refractivity contribution in [3.05, 3.63) is 0 Å². The molecule has 0 spiro atoms. The molecule has 9 nitrogen and oxygen atoms in total. The fourth-order valence-corrected chi connectivity index (χ4v) is 1.61. The second-order valence-corrected chi connectivity index (χ2v) is 5.15. The summed E-state index contributed by atoms with van der Waals surface area (Å²) < 4.78 is 0. The first kappa shape index (κ1) is 19.8. The number of aliphatic hydroxyl groups excluding tert-OH is 1. The van der Waals surface area contributed by atoms with Crippen LogP contribution in [0.2, 0.25) is 0 Å². The SMILES string of the molecule is CC[C@H](O)C(=O)N[C@H](C(=O)N[C@@H](CC(=O)O)C(=O)O)C(C)C. The molecule has 0 unspecified atom stereocenters. The first-order valence-electron chi connectivity index (χ1n) is 6.83. The normalized spacial score (nSPS) is 14.8. The van der Waals surface area contributed by atoms with E-state index < -0.39 is 48.4 Å². The van der Waals surface area contributed by atoms with E-state index in [0.717, 1.165) is 0 Å². The highest BCUT2D eigenvalue weighted by molar-refractivity contribution is 5.92. The Hall–Kier alpha value is -2.16. The lowest BCUT2D eigenvalue weighted by Crippen LogP contribution is -2.55. The second-order valence-electron chi connectivity index (χ2n) is 5.15. The number of carboxylic acids is 2. The van der Waals surface area contributed by atoms with Gasteiger partial charge in [-0.15, -0.1) is 0 Å².